The van der Waals surface area contributed by atoms with Gasteiger partial charge in [-0.1, -0.05) is 69.4 Å². The molecule has 2 aliphatic rings. The molecule has 0 aliphatic carbocycles. The van der Waals surface area contributed by atoms with Crippen molar-refractivity contribution in [1.82, 2.24) is 4.57 Å². The van der Waals surface area contributed by atoms with Crippen molar-refractivity contribution < 1.29 is 19.1 Å². The number of hydrogen-bond donors (Lipinski definition) is 1. The van der Waals surface area contributed by atoms with E-state index in [9.17, 15) is 19.2 Å². The highest BCUT2D eigenvalue weighted by atomic mass is 79.9. The number of aromatic nitrogens is 1. The standard InChI is InChI=1S/C29H22BrN3O5S2/c1-38-20-12-10-19(11-13-20)33-26(35)23-22(16-6-5-7-17(30)14-16)25-28(39-24(23)27(33)36)32(29(37)40-25)15-21(34)31-18-8-3-2-4-9-18/h2-14,22-24H,15H2,1H3,(H,31,34). The number of nitrogens with zero attached hydrogens (tertiary/aromatic N) is 2. The summed E-state index contributed by atoms with van der Waals surface area (Å²) in [7, 11) is 1.55. The number of methoxy groups -OCH3 is 1. The summed E-state index contributed by atoms with van der Waals surface area (Å²) < 4.78 is 7.46. The van der Waals surface area contributed by atoms with Crippen molar-refractivity contribution >= 4 is 68.1 Å². The highest BCUT2D eigenvalue weighted by molar-refractivity contribution is 9.10. The Hall–Kier alpha value is -3.67. The number of fused-ring (bicyclic) bond motifs is 2. The molecule has 0 bridgehead atoms. The van der Waals surface area contributed by atoms with Crippen LogP contribution in [0.3, 0.4) is 0 Å². The molecular formula is C29H22BrN3O5S2. The van der Waals surface area contributed by atoms with Crippen molar-refractivity contribution in [2.45, 2.75) is 22.7 Å². The number of anilines is 2. The Morgan fingerprint density at radius 1 is 0.975 bits per heavy atom. The lowest BCUT2D eigenvalue weighted by Gasteiger charge is -2.30. The van der Waals surface area contributed by atoms with Crippen LogP contribution in [0.25, 0.3) is 0 Å². The van der Waals surface area contributed by atoms with E-state index < -0.39 is 17.1 Å². The molecule has 1 N–H and O–H groups in total. The first-order valence-electron chi connectivity index (χ1n) is 12.4. The van der Waals surface area contributed by atoms with Gasteiger partial charge in [0.1, 0.15) is 17.5 Å². The molecular weight excluding hydrogens is 614 g/mol. The van der Waals surface area contributed by atoms with Gasteiger partial charge < -0.3 is 10.1 Å². The normalized spacial score (nSPS) is 19.8. The Morgan fingerprint density at radius 3 is 2.42 bits per heavy atom. The van der Waals surface area contributed by atoms with Crippen LogP contribution in [0.5, 0.6) is 5.75 Å². The molecule has 1 fully saturated rings. The van der Waals surface area contributed by atoms with E-state index in [2.05, 4.69) is 21.2 Å². The fraction of sp³-hybridized carbons (Fsp3) is 0.172. The zero-order valence-electron chi connectivity index (χ0n) is 21.1. The van der Waals surface area contributed by atoms with Crippen molar-refractivity contribution in [2.24, 2.45) is 5.92 Å². The number of imide groups is 1. The summed E-state index contributed by atoms with van der Waals surface area (Å²) in [6, 6.07) is 23.3. The van der Waals surface area contributed by atoms with Crippen LogP contribution in [0.15, 0.2) is 93.2 Å². The molecule has 1 aromatic heterocycles. The average Bonchev–Trinajstić information content (AvgIpc) is 3.39. The van der Waals surface area contributed by atoms with E-state index in [1.165, 1.54) is 21.2 Å². The fourth-order valence-electron chi connectivity index (χ4n) is 5.17. The number of carbonyl (C=O) groups is 3. The fourth-order valence-corrected chi connectivity index (χ4v) is 8.36. The van der Waals surface area contributed by atoms with Crippen LogP contribution in [0.1, 0.15) is 16.4 Å². The molecule has 3 amide bonds. The lowest BCUT2D eigenvalue weighted by molar-refractivity contribution is -0.122. The number of amides is 3. The smallest absolute Gasteiger partial charge is 0.308 e. The zero-order chi connectivity index (χ0) is 28.0. The molecule has 8 nitrogen and oxygen atoms in total. The third-order valence-corrected chi connectivity index (χ3v) is 10.0. The number of benzene rings is 3. The molecule has 11 heteroatoms. The molecule has 3 aromatic carbocycles. The zero-order valence-corrected chi connectivity index (χ0v) is 24.3. The van der Waals surface area contributed by atoms with Crippen LogP contribution in [0, 0.1) is 5.92 Å². The van der Waals surface area contributed by atoms with Crippen LogP contribution in [0.2, 0.25) is 0 Å². The summed E-state index contributed by atoms with van der Waals surface area (Å²) in [5, 5.41) is 2.60. The molecule has 0 spiro atoms. The topological polar surface area (TPSA) is 97.7 Å². The first-order valence-corrected chi connectivity index (χ1v) is 14.9. The minimum atomic E-state index is -0.761. The highest BCUT2D eigenvalue weighted by Gasteiger charge is 2.56. The predicted molar refractivity (Wildman–Crippen MR) is 158 cm³/mol. The SMILES string of the molecule is COc1ccc(N2C(=O)C3Sc4c(sc(=O)n4CC(=O)Nc4ccccc4)C(c4cccc(Br)c4)C3C2=O)cc1. The second-order valence-corrected chi connectivity index (χ2v) is 12.4. The van der Waals surface area contributed by atoms with Crippen molar-refractivity contribution in [1.29, 1.82) is 0 Å². The molecule has 1 saturated heterocycles. The number of ether oxygens (including phenoxy) is 1. The summed E-state index contributed by atoms with van der Waals surface area (Å²) in [6.07, 6.45) is 0. The monoisotopic (exact) mass is 635 g/mol. The van der Waals surface area contributed by atoms with Gasteiger partial charge in [0.2, 0.25) is 17.7 Å². The van der Waals surface area contributed by atoms with Crippen LogP contribution < -0.4 is 19.8 Å². The van der Waals surface area contributed by atoms with Crippen LogP contribution in [-0.4, -0.2) is 34.6 Å². The molecule has 3 heterocycles. The molecule has 2 aliphatic heterocycles. The van der Waals surface area contributed by atoms with Gasteiger partial charge >= 0.3 is 4.87 Å². The molecule has 3 atom stereocenters. The van der Waals surface area contributed by atoms with Gasteiger partial charge in [-0.05, 0) is 54.1 Å². The second-order valence-electron chi connectivity index (χ2n) is 9.34. The number of carbonyl (C=O) groups excluding carboxylic acids is 3. The summed E-state index contributed by atoms with van der Waals surface area (Å²) in [5.41, 5.74) is 1.89. The van der Waals surface area contributed by atoms with Crippen LogP contribution in [0.4, 0.5) is 11.4 Å². The van der Waals surface area contributed by atoms with Gasteiger partial charge in [-0.15, -0.1) is 0 Å². The van der Waals surface area contributed by atoms with E-state index in [1.807, 2.05) is 42.5 Å². The van der Waals surface area contributed by atoms with Crippen LogP contribution >= 0.6 is 39.0 Å². The van der Waals surface area contributed by atoms with Gasteiger partial charge in [-0.25, -0.2) is 4.90 Å². The van der Waals surface area contributed by atoms with E-state index in [4.69, 9.17) is 4.74 Å². The van der Waals surface area contributed by atoms with Gasteiger partial charge in [0.15, 0.2) is 0 Å². The van der Waals surface area contributed by atoms with Gasteiger partial charge in [0.05, 0.1) is 23.7 Å². The average molecular weight is 637 g/mol. The predicted octanol–water partition coefficient (Wildman–Crippen LogP) is 5.12. The maximum absolute atomic E-state index is 14.0. The Labute approximate surface area is 246 Å². The van der Waals surface area contributed by atoms with Crippen molar-refractivity contribution in [3.8, 4) is 5.75 Å². The van der Waals surface area contributed by atoms with E-state index >= 15 is 0 Å². The van der Waals surface area contributed by atoms with E-state index in [-0.39, 0.29) is 29.1 Å². The van der Waals surface area contributed by atoms with Crippen molar-refractivity contribution in [2.75, 3.05) is 17.3 Å². The number of hydrogen-bond acceptors (Lipinski definition) is 7. The number of halogens is 1. The lowest BCUT2D eigenvalue weighted by Crippen LogP contribution is -2.33. The maximum Gasteiger partial charge on any atom is 0.308 e. The summed E-state index contributed by atoms with van der Waals surface area (Å²) >= 11 is 5.73. The lowest BCUT2D eigenvalue weighted by atomic mass is 9.83. The Balaban J connectivity index is 1.41. The minimum absolute atomic E-state index is 0.209. The van der Waals surface area contributed by atoms with Gasteiger partial charge in [-0.2, -0.15) is 0 Å². The largest absolute Gasteiger partial charge is 0.497 e. The van der Waals surface area contributed by atoms with Crippen molar-refractivity contribution in [3.63, 3.8) is 0 Å². The molecule has 3 unspecified atom stereocenters. The quantitative estimate of drug-likeness (QED) is 0.296. The minimum Gasteiger partial charge on any atom is -0.497 e. The Bertz CT molecular complexity index is 1690. The summed E-state index contributed by atoms with van der Waals surface area (Å²) in [4.78, 5) is 55.6. The Kier molecular flexibility index (Phi) is 7.11. The second kappa shape index (κ2) is 10.7. The number of rotatable bonds is 6. The molecule has 0 saturated carbocycles. The van der Waals surface area contributed by atoms with E-state index in [1.54, 1.807) is 43.5 Å². The van der Waals surface area contributed by atoms with Crippen molar-refractivity contribution in [3.05, 3.63) is 103 Å². The number of nitrogens with one attached hydrogen (secondary N) is 1. The molecule has 4 aromatic rings. The van der Waals surface area contributed by atoms with Gasteiger partial charge in [0.25, 0.3) is 0 Å². The van der Waals surface area contributed by atoms with E-state index in [0.29, 0.717) is 27.0 Å². The molecule has 6 rings (SSSR count). The van der Waals surface area contributed by atoms with Crippen LogP contribution in [-0.2, 0) is 20.9 Å². The Morgan fingerprint density at radius 2 is 1.73 bits per heavy atom. The third kappa shape index (κ3) is 4.67. The number of para-hydroxylation sites is 1. The summed E-state index contributed by atoms with van der Waals surface area (Å²) in [5.74, 6) is -1.67. The third-order valence-electron chi connectivity index (χ3n) is 6.95. The van der Waals surface area contributed by atoms with Gasteiger partial charge in [-0.3, -0.25) is 23.7 Å². The number of thiazole rings is 1. The molecule has 0 radical (unpaired) electrons. The molecule has 202 valence electrons. The number of thioether (sulfide) groups is 1. The maximum atomic E-state index is 14.0. The highest BCUT2D eigenvalue weighted by Crippen LogP contribution is 2.54. The summed E-state index contributed by atoms with van der Waals surface area (Å²) in [6.45, 7) is -0.209. The first-order chi connectivity index (χ1) is 19.4. The van der Waals surface area contributed by atoms with Gasteiger partial charge in [0, 0.05) is 21.0 Å². The first kappa shape index (κ1) is 26.5. The van der Waals surface area contributed by atoms with E-state index in [0.717, 1.165) is 21.4 Å². The molecule has 40 heavy (non-hydrogen) atoms.